The van der Waals surface area contributed by atoms with Gasteiger partial charge in [-0.2, -0.15) is 0 Å². The third-order valence-corrected chi connectivity index (χ3v) is 3.90. The van der Waals surface area contributed by atoms with Crippen LogP contribution < -0.4 is 5.73 Å². The van der Waals surface area contributed by atoms with Gasteiger partial charge >= 0.3 is 5.97 Å². The molecular formula is C10H12BrNO2S. The van der Waals surface area contributed by atoms with Gasteiger partial charge in [0.2, 0.25) is 0 Å². The topological polar surface area (TPSA) is 63.3 Å². The van der Waals surface area contributed by atoms with Gasteiger partial charge in [0.15, 0.2) is 0 Å². The number of carboxylic acids is 1. The van der Waals surface area contributed by atoms with E-state index in [2.05, 4.69) is 15.9 Å². The molecule has 1 atom stereocenters. The summed E-state index contributed by atoms with van der Waals surface area (Å²) < 4.78 is 1.03. The SMILES string of the molecule is NC(CCSc1ccccc1Br)C(=O)O. The van der Waals surface area contributed by atoms with Gasteiger partial charge < -0.3 is 10.8 Å². The molecule has 0 aliphatic carbocycles. The van der Waals surface area contributed by atoms with Gasteiger partial charge in [-0.25, -0.2) is 0 Å². The molecule has 0 amide bonds. The number of carboxylic acid groups (broad SMARTS) is 1. The maximum atomic E-state index is 10.5. The first-order chi connectivity index (χ1) is 7.11. The molecule has 0 bridgehead atoms. The number of halogens is 1. The third-order valence-electron chi connectivity index (χ3n) is 1.84. The van der Waals surface area contributed by atoms with Crippen molar-refractivity contribution in [1.29, 1.82) is 0 Å². The molecule has 0 fully saturated rings. The number of aliphatic carboxylic acids is 1. The van der Waals surface area contributed by atoms with Gasteiger partial charge in [-0.05, 0) is 34.5 Å². The van der Waals surface area contributed by atoms with Crippen LogP contribution >= 0.6 is 27.7 Å². The molecule has 15 heavy (non-hydrogen) atoms. The van der Waals surface area contributed by atoms with Crippen LogP contribution in [0.1, 0.15) is 6.42 Å². The van der Waals surface area contributed by atoms with Gasteiger partial charge in [0, 0.05) is 15.1 Å². The highest BCUT2D eigenvalue weighted by molar-refractivity contribution is 9.10. The van der Waals surface area contributed by atoms with Crippen molar-refractivity contribution in [3.05, 3.63) is 28.7 Å². The van der Waals surface area contributed by atoms with Crippen LogP contribution in [-0.4, -0.2) is 22.9 Å². The summed E-state index contributed by atoms with van der Waals surface area (Å²) in [6.07, 6.45) is 0.474. The highest BCUT2D eigenvalue weighted by Gasteiger charge is 2.10. The number of thioether (sulfide) groups is 1. The Morgan fingerprint density at radius 3 is 2.80 bits per heavy atom. The lowest BCUT2D eigenvalue weighted by Crippen LogP contribution is -2.30. The molecule has 0 saturated heterocycles. The zero-order valence-corrected chi connectivity index (χ0v) is 10.4. The monoisotopic (exact) mass is 289 g/mol. The fraction of sp³-hybridized carbons (Fsp3) is 0.300. The summed E-state index contributed by atoms with van der Waals surface area (Å²) >= 11 is 5.03. The predicted octanol–water partition coefficient (Wildman–Crippen LogP) is 2.34. The van der Waals surface area contributed by atoms with E-state index in [-0.39, 0.29) is 0 Å². The summed E-state index contributed by atoms with van der Waals surface area (Å²) in [6.45, 7) is 0. The quantitative estimate of drug-likeness (QED) is 0.817. The maximum absolute atomic E-state index is 10.5. The van der Waals surface area contributed by atoms with E-state index in [9.17, 15) is 4.79 Å². The van der Waals surface area contributed by atoms with Crippen molar-refractivity contribution >= 4 is 33.7 Å². The Kier molecular flexibility index (Phi) is 5.14. The number of carbonyl (C=O) groups is 1. The molecule has 0 aromatic heterocycles. The number of hydrogen-bond acceptors (Lipinski definition) is 3. The molecule has 1 aromatic rings. The Morgan fingerprint density at radius 2 is 2.20 bits per heavy atom. The molecule has 0 aliphatic rings. The van der Waals surface area contributed by atoms with Crippen LogP contribution in [0, 0.1) is 0 Å². The molecular weight excluding hydrogens is 278 g/mol. The summed E-state index contributed by atoms with van der Waals surface area (Å²) in [5, 5.41) is 8.59. The maximum Gasteiger partial charge on any atom is 0.320 e. The lowest BCUT2D eigenvalue weighted by molar-refractivity contribution is -0.138. The van der Waals surface area contributed by atoms with Crippen LogP contribution in [0.2, 0.25) is 0 Å². The second kappa shape index (κ2) is 6.15. The molecule has 5 heteroatoms. The average molecular weight is 290 g/mol. The minimum absolute atomic E-state index is 0.474. The summed E-state index contributed by atoms with van der Waals surface area (Å²) in [6, 6.07) is 7.07. The zero-order chi connectivity index (χ0) is 11.3. The Bertz CT molecular complexity index is 346. The van der Waals surface area contributed by atoms with Crippen LogP contribution in [0.15, 0.2) is 33.6 Å². The van der Waals surface area contributed by atoms with Crippen molar-refractivity contribution in [3.63, 3.8) is 0 Å². The van der Waals surface area contributed by atoms with Crippen molar-refractivity contribution in [3.8, 4) is 0 Å². The minimum Gasteiger partial charge on any atom is -0.480 e. The van der Waals surface area contributed by atoms with Crippen LogP contribution in [0.3, 0.4) is 0 Å². The Hall–Kier alpha value is -0.520. The van der Waals surface area contributed by atoms with Gasteiger partial charge in [-0.1, -0.05) is 12.1 Å². The second-order valence-electron chi connectivity index (χ2n) is 3.01. The molecule has 0 saturated carbocycles. The fourth-order valence-corrected chi connectivity index (χ4v) is 2.58. The predicted molar refractivity (Wildman–Crippen MR) is 65.1 cm³/mol. The Balaban J connectivity index is 2.38. The first kappa shape index (κ1) is 12.5. The number of nitrogens with two attached hydrogens (primary N) is 1. The molecule has 1 rings (SSSR count). The molecule has 82 valence electrons. The van der Waals surface area contributed by atoms with Crippen molar-refractivity contribution < 1.29 is 9.90 Å². The first-order valence-electron chi connectivity index (χ1n) is 4.47. The van der Waals surface area contributed by atoms with Gasteiger partial charge in [0.05, 0.1) is 0 Å². The molecule has 0 radical (unpaired) electrons. The van der Waals surface area contributed by atoms with Gasteiger partial charge in [0.25, 0.3) is 0 Å². The first-order valence-corrected chi connectivity index (χ1v) is 6.25. The van der Waals surface area contributed by atoms with Crippen molar-refractivity contribution in [1.82, 2.24) is 0 Å². The average Bonchev–Trinajstić information content (AvgIpc) is 2.20. The molecule has 1 aromatic carbocycles. The van der Waals surface area contributed by atoms with Crippen LogP contribution in [0.5, 0.6) is 0 Å². The van der Waals surface area contributed by atoms with Crippen LogP contribution in [-0.2, 0) is 4.79 Å². The smallest absolute Gasteiger partial charge is 0.320 e. The van der Waals surface area contributed by atoms with E-state index >= 15 is 0 Å². The number of benzene rings is 1. The largest absolute Gasteiger partial charge is 0.480 e. The van der Waals surface area contributed by atoms with Crippen molar-refractivity contribution in [2.45, 2.75) is 17.4 Å². The van der Waals surface area contributed by atoms with Crippen LogP contribution in [0.25, 0.3) is 0 Å². The standard InChI is InChI=1S/C10H12BrNO2S/c11-7-3-1-2-4-9(7)15-6-5-8(12)10(13)14/h1-4,8H,5-6,12H2,(H,13,14). The second-order valence-corrected chi connectivity index (χ2v) is 5.00. The van der Waals surface area contributed by atoms with E-state index in [4.69, 9.17) is 10.8 Å². The lowest BCUT2D eigenvalue weighted by atomic mass is 10.2. The summed E-state index contributed by atoms with van der Waals surface area (Å²) in [5.74, 6) is -0.237. The number of rotatable bonds is 5. The molecule has 3 N–H and O–H groups in total. The third kappa shape index (κ3) is 4.24. The van der Waals surface area contributed by atoms with Gasteiger partial charge in [0.1, 0.15) is 6.04 Å². The minimum atomic E-state index is -0.942. The summed E-state index contributed by atoms with van der Waals surface area (Å²) in [4.78, 5) is 11.6. The van der Waals surface area contributed by atoms with E-state index in [1.807, 2.05) is 24.3 Å². The molecule has 0 aliphatic heterocycles. The van der Waals surface area contributed by atoms with E-state index in [0.29, 0.717) is 12.2 Å². The number of hydrogen-bond donors (Lipinski definition) is 2. The summed E-state index contributed by atoms with van der Waals surface area (Å²) in [5.41, 5.74) is 5.39. The highest BCUT2D eigenvalue weighted by atomic mass is 79.9. The fourth-order valence-electron chi connectivity index (χ4n) is 0.981. The van der Waals surface area contributed by atoms with E-state index < -0.39 is 12.0 Å². The Labute approximate surface area is 101 Å². The summed E-state index contributed by atoms with van der Waals surface area (Å²) in [7, 11) is 0. The Morgan fingerprint density at radius 1 is 1.53 bits per heavy atom. The molecule has 0 heterocycles. The van der Waals surface area contributed by atoms with Gasteiger partial charge in [-0.3, -0.25) is 4.79 Å². The van der Waals surface area contributed by atoms with E-state index in [1.165, 1.54) is 0 Å². The zero-order valence-electron chi connectivity index (χ0n) is 8.02. The molecule has 3 nitrogen and oxygen atoms in total. The van der Waals surface area contributed by atoms with Crippen molar-refractivity contribution in [2.24, 2.45) is 5.73 Å². The van der Waals surface area contributed by atoms with E-state index in [0.717, 1.165) is 9.37 Å². The lowest BCUT2D eigenvalue weighted by Gasteiger charge is -2.06. The van der Waals surface area contributed by atoms with E-state index in [1.54, 1.807) is 11.8 Å². The normalized spacial score (nSPS) is 12.4. The van der Waals surface area contributed by atoms with Gasteiger partial charge in [-0.15, -0.1) is 11.8 Å². The van der Waals surface area contributed by atoms with Crippen LogP contribution in [0.4, 0.5) is 0 Å². The molecule has 1 unspecified atom stereocenters. The van der Waals surface area contributed by atoms with Crippen molar-refractivity contribution in [2.75, 3.05) is 5.75 Å². The highest BCUT2D eigenvalue weighted by Crippen LogP contribution is 2.27. The molecule has 0 spiro atoms.